The van der Waals surface area contributed by atoms with Gasteiger partial charge in [-0.15, -0.1) is 0 Å². The van der Waals surface area contributed by atoms with Crippen LogP contribution in [0.5, 0.6) is 0 Å². The average molecular weight is 215 g/mol. The Morgan fingerprint density at radius 3 is 2.62 bits per heavy atom. The molecule has 1 heteroatoms. The van der Waals surface area contributed by atoms with Gasteiger partial charge in [0.2, 0.25) is 0 Å². The van der Waals surface area contributed by atoms with Crippen LogP contribution in [0, 0.1) is 0 Å². The maximum atomic E-state index is 4.00. The van der Waals surface area contributed by atoms with E-state index in [1.807, 2.05) is 12.3 Å². The van der Waals surface area contributed by atoms with E-state index in [9.17, 15) is 0 Å². The summed E-state index contributed by atoms with van der Waals surface area (Å²) in [7, 11) is 0. The summed E-state index contributed by atoms with van der Waals surface area (Å²) >= 11 is 0. The zero-order valence-corrected chi connectivity index (χ0v) is 10.3. The lowest BCUT2D eigenvalue weighted by Gasteiger charge is -2.06. The van der Waals surface area contributed by atoms with E-state index >= 15 is 0 Å². The van der Waals surface area contributed by atoms with Crippen molar-refractivity contribution in [3.8, 4) is 0 Å². The number of unbranched alkanes of at least 4 members (excludes halogenated alkanes) is 1. The molecule has 0 bridgehead atoms. The number of hydrogen-bond donors (Lipinski definition) is 1. The molecule has 0 aromatic heterocycles. The van der Waals surface area contributed by atoms with Crippen LogP contribution in [-0.2, 0) is 0 Å². The molecule has 1 aromatic carbocycles. The molecule has 1 rings (SSSR count). The van der Waals surface area contributed by atoms with Crippen LogP contribution in [0.1, 0.15) is 38.7 Å². The summed E-state index contributed by atoms with van der Waals surface area (Å²) < 4.78 is 0. The summed E-state index contributed by atoms with van der Waals surface area (Å²) in [4.78, 5) is 0. The Morgan fingerprint density at radius 2 is 2.00 bits per heavy atom. The Labute approximate surface area is 98.9 Å². The van der Waals surface area contributed by atoms with Gasteiger partial charge >= 0.3 is 0 Å². The highest BCUT2D eigenvalue weighted by Crippen LogP contribution is 2.12. The van der Waals surface area contributed by atoms with Gasteiger partial charge in [0.15, 0.2) is 0 Å². The first-order valence-corrected chi connectivity index (χ1v) is 5.90. The quantitative estimate of drug-likeness (QED) is 0.744. The van der Waals surface area contributed by atoms with Crippen LogP contribution < -0.4 is 5.32 Å². The molecule has 0 unspecified atom stereocenters. The molecule has 0 fully saturated rings. The predicted octanol–water partition coefficient (Wildman–Crippen LogP) is 4.34. The van der Waals surface area contributed by atoms with Crippen molar-refractivity contribution in [2.24, 2.45) is 0 Å². The summed E-state index contributed by atoms with van der Waals surface area (Å²) in [5.41, 5.74) is 3.58. The molecule has 1 aromatic rings. The van der Waals surface area contributed by atoms with E-state index in [4.69, 9.17) is 0 Å². The van der Waals surface area contributed by atoms with E-state index in [-0.39, 0.29) is 0 Å². The van der Waals surface area contributed by atoms with E-state index in [0.717, 1.165) is 12.1 Å². The topological polar surface area (TPSA) is 12.0 Å². The van der Waals surface area contributed by atoms with Crippen molar-refractivity contribution in [1.29, 1.82) is 0 Å². The van der Waals surface area contributed by atoms with Crippen LogP contribution in [0.25, 0.3) is 5.57 Å². The molecule has 0 heterocycles. The van der Waals surface area contributed by atoms with Crippen LogP contribution in [0.4, 0.5) is 0 Å². The van der Waals surface area contributed by atoms with Crippen molar-refractivity contribution in [2.75, 3.05) is 0 Å². The Hall–Kier alpha value is -1.50. The molecule has 86 valence electrons. The summed E-state index contributed by atoms with van der Waals surface area (Å²) in [5, 5.41) is 3.26. The van der Waals surface area contributed by atoms with Gasteiger partial charge < -0.3 is 5.32 Å². The fourth-order valence-electron chi connectivity index (χ4n) is 1.46. The van der Waals surface area contributed by atoms with Gasteiger partial charge in [-0.1, -0.05) is 50.3 Å². The first-order chi connectivity index (χ1) is 7.74. The maximum Gasteiger partial charge on any atom is 0.00735 e. The minimum atomic E-state index is 1.05. The van der Waals surface area contributed by atoms with Gasteiger partial charge in [0.05, 0.1) is 0 Å². The van der Waals surface area contributed by atoms with E-state index in [2.05, 4.69) is 50.0 Å². The Bertz CT molecular complexity index is 349. The van der Waals surface area contributed by atoms with E-state index in [0.29, 0.717) is 0 Å². The van der Waals surface area contributed by atoms with Crippen LogP contribution in [0.15, 0.2) is 48.8 Å². The number of rotatable bonds is 6. The van der Waals surface area contributed by atoms with Crippen LogP contribution in [0.2, 0.25) is 0 Å². The largest absolute Gasteiger partial charge is 0.365 e. The molecular formula is C15H21N. The van der Waals surface area contributed by atoms with Gasteiger partial charge in [-0.05, 0) is 30.9 Å². The fraction of sp³-hybridized carbons (Fsp3) is 0.333. The lowest BCUT2D eigenvalue weighted by molar-refractivity contribution is 0.758. The maximum absolute atomic E-state index is 4.00. The molecule has 1 N–H and O–H groups in total. The van der Waals surface area contributed by atoms with Crippen LogP contribution in [-0.4, -0.2) is 0 Å². The minimum Gasteiger partial charge on any atom is -0.365 e. The van der Waals surface area contributed by atoms with E-state index in [1.165, 1.54) is 24.0 Å². The molecule has 16 heavy (non-hydrogen) atoms. The lowest BCUT2D eigenvalue weighted by atomic mass is 10.1. The molecular weight excluding hydrogens is 194 g/mol. The fourth-order valence-corrected chi connectivity index (χ4v) is 1.46. The Kier molecular flexibility index (Phi) is 5.41. The number of allylic oxidation sites excluding steroid dienone is 2. The molecule has 0 spiro atoms. The highest BCUT2D eigenvalue weighted by Gasteiger charge is 1.94. The third kappa shape index (κ3) is 4.35. The second kappa shape index (κ2) is 6.89. The van der Waals surface area contributed by atoms with Gasteiger partial charge in [0.25, 0.3) is 0 Å². The number of hydrogen-bond acceptors (Lipinski definition) is 1. The van der Waals surface area contributed by atoms with Gasteiger partial charge in [-0.2, -0.15) is 0 Å². The smallest absolute Gasteiger partial charge is 0.00735 e. The third-order valence-corrected chi connectivity index (χ3v) is 2.55. The van der Waals surface area contributed by atoms with Crippen molar-refractivity contribution in [1.82, 2.24) is 5.32 Å². The predicted molar refractivity (Wildman–Crippen MR) is 71.9 cm³/mol. The summed E-state index contributed by atoms with van der Waals surface area (Å²) in [6, 6.07) is 10.4. The molecule has 1 nitrogen and oxygen atoms in total. The van der Waals surface area contributed by atoms with Crippen molar-refractivity contribution in [2.45, 2.75) is 33.1 Å². The molecule has 0 radical (unpaired) electrons. The van der Waals surface area contributed by atoms with E-state index < -0.39 is 0 Å². The van der Waals surface area contributed by atoms with Gasteiger partial charge in [0.1, 0.15) is 0 Å². The van der Waals surface area contributed by atoms with Gasteiger partial charge in [-0.25, -0.2) is 0 Å². The van der Waals surface area contributed by atoms with Gasteiger partial charge in [-0.3, -0.25) is 0 Å². The molecule has 0 aliphatic rings. The van der Waals surface area contributed by atoms with Crippen molar-refractivity contribution in [3.05, 3.63) is 54.4 Å². The second-order valence-corrected chi connectivity index (χ2v) is 4.04. The first-order valence-electron chi connectivity index (χ1n) is 5.90. The van der Waals surface area contributed by atoms with Gasteiger partial charge in [0, 0.05) is 11.9 Å². The standard InChI is InChI=1S/C15H21N/c1-4-5-9-14(3)16-12-13(2)15-10-7-6-8-11-15/h6-8,10-12,16H,3-5,9H2,1-2H3/b13-12-. The molecule has 0 aliphatic heterocycles. The SMILES string of the molecule is C=C(CCCC)N/C=C(/C)c1ccccc1. The van der Waals surface area contributed by atoms with Crippen LogP contribution in [0.3, 0.4) is 0 Å². The average Bonchev–Trinajstić information content (AvgIpc) is 2.34. The molecule has 0 atom stereocenters. The van der Waals surface area contributed by atoms with Crippen molar-refractivity contribution >= 4 is 5.57 Å². The number of benzene rings is 1. The van der Waals surface area contributed by atoms with E-state index in [1.54, 1.807) is 0 Å². The molecule has 0 saturated heterocycles. The van der Waals surface area contributed by atoms with Crippen molar-refractivity contribution < 1.29 is 0 Å². The normalized spacial score (nSPS) is 11.2. The molecule has 0 amide bonds. The number of nitrogens with one attached hydrogen (secondary N) is 1. The Morgan fingerprint density at radius 1 is 1.31 bits per heavy atom. The third-order valence-electron chi connectivity index (χ3n) is 2.55. The zero-order valence-electron chi connectivity index (χ0n) is 10.3. The summed E-state index contributed by atoms with van der Waals surface area (Å²) in [6.45, 7) is 8.30. The Balaban J connectivity index is 2.48. The second-order valence-electron chi connectivity index (χ2n) is 4.04. The first kappa shape index (κ1) is 12.6. The minimum absolute atomic E-state index is 1.05. The molecule has 0 aliphatic carbocycles. The van der Waals surface area contributed by atoms with Crippen LogP contribution >= 0.6 is 0 Å². The lowest BCUT2D eigenvalue weighted by Crippen LogP contribution is -2.04. The summed E-state index contributed by atoms with van der Waals surface area (Å²) in [5.74, 6) is 0. The zero-order chi connectivity index (χ0) is 11.8. The highest BCUT2D eigenvalue weighted by molar-refractivity contribution is 5.63. The van der Waals surface area contributed by atoms with Crippen molar-refractivity contribution in [3.63, 3.8) is 0 Å². The monoisotopic (exact) mass is 215 g/mol. The molecule has 0 saturated carbocycles. The highest BCUT2D eigenvalue weighted by atomic mass is 14.8. The summed E-state index contributed by atoms with van der Waals surface area (Å²) in [6.07, 6.45) is 5.49.